The number of hydrogen-bond donors (Lipinski definition) is 3. The van der Waals surface area contributed by atoms with Crippen molar-refractivity contribution in [3.63, 3.8) is 0 Å². The van der Waals surface area contributed by atoms with Gasteiger partial charge in [-0.05, 0) is 42.5 Å². The molecule has 0 saturated heterocycles. The van der Waals surface area contributed by atoms with E-state index >= 15 is 0 Å². The number of anilines is 1. The Morgan fingerprint density at radius 3 is 2.79 bits per heavy atom. The predicted octanol–water partition coefficient (Wildman–Crippen LogP) is 2.75. The van der Waals surface area contributed by atoms with Gasteiger partial charge >= 0.3 is 0 Å². The van der Waals surface area contributed by atoms with E-state index in [-0.39, 0.29) is 18.5 Å². The average molecular weight is 395 g/mol. The maximum Gasteiger partial charge on any atom is 0.280 e. The second-order valence-electron chi connectivity index (χ2n) is 7.27. The molecule has 2 aromatic carbocycles. The summed E-state index contributed by atoms with van der Waals surface area (Å²) in [6, 6.07) is 14.7. The maximum absolute atomic E-state index is 12.5. The lowest BCUT2D eigenvalue weighted by molar-refractivity contribution is -0.682. The van der Waals surface area contributed by atoms with Crippen molar-refractivity contribution < 1.29 is 14.9 Å². The number of hydrogen-bond acceptors (Lipinski definition) is 3. The molecule has 3 aromatic rings. The Morgan fingerprint density at radius 1 is 1.18 bits per heavy atom. The summed E-state index contributed by atoms with van der Waals surface area (Å²) in [5, 5.41) is 7.94. The van der Waals surface area contributed by atoms with Crippen LogP contribution in [0.2, 0.25) is 0 Å². The van der Waals surface area contributed by atoms with Crippen molar-refractivity contribution in [3.8, 4) is 0 Å². The van der Waals surface area contributed by atoms with Gasteiger partial charge in [-0.3, -0.25) is 9.59 Å². The van der Waals surface area contributed by atoms with Crippen molar-refractivity contribution in [2.75, 3.05) is 11.9 Å². The first-order valence-corrected chi connectivity index (χ1v) is 10.4. The van der Waals surface area contributed by atoms with Gasteiger partial charge in [0.1, 0.15) is 11.0 Å². The molecule has 144 valence electrons. The van der Waals surface area contributed by atoms with E-state index in [0.717, 1.165) is 24.8 Å². The topological polar surface area (TPSA) is 88.8 Å². The minimum absolute atomic E-state index is 0.116. The molecule has 28 heavy (non-hydrogen) atoms. The SMILES string of the molecule is C[C@H]([NH2+]CC(=O)Nc1sc2c(c1C(N)=O)CCC2)c1cccc2ccccc12. The van der Waals surface area contributed by atoms with E-state index in [2.05, 4.69) is 36.5 Å². The van der Waals surface area contributed by atoms with Gasteiger partial charge in [-0.15, -0.1) is 11.3 Å². The molecular weight excluding hydrogens is 370 g/mol. The van der Waals surface area contributed by atoms with Crippen molar-refractivity contribution in [3.05, 3.63) is 64.0 Å². The average Bonchev–Trinajstić information content (AvgIpc) is 3.26. The Labute approximate surface area is 167 Å². The minimum Gasteiger partial charge on any atom is -0.365 e. The summed E-state index contributed by atoms with van der Waals surface area (Å²) in [4.78, 5) is 25.6. The number of primary amides is 1. The normalized spacial score (nSPS) is 14.0. The number of carbonyl (C=O) groups is 2. The van der Waals surface area contributed by atoms with Gasteiger partial charge < -0.3 is 16.4 Å². The fourth-order valence-corrected chi connectivity index (χ4v) is 5.30. The molecule has 0 fully saturated rings. The first-order chi connectivity index (χ1) is 13.5. The van der Waals surface area contributed by atoms with Crippen molar-refractivity contribution in [2.24, 2.45) is 5.73 Å². The van der Waals surface area contributed by atoms with E-state index in [4.69, 9.17) is 5.73 Å². The summed E-state index contributed by atoms with van der Waals surface area (Å²) >= 11 is 1.49. The van der Waals surface area contributed by atoms with E-state index < -0.39 is 5.91 Å². The number of fused-ring (bicyclic) bond motifs is 2. The summed E-state index contributed by atoms with van der Waals surface area (Å²) in [5.74, 6) is -0.572. The predicted molar refractivity (Wildman–Crippen MR) is 113 cm³/mol. The standard InChI is InChI=1S/C22H23N3O2S/c1-13(15-9-4-7-14-6-2-3-8-16(14)15)24-12-19(26)25-22-20(21(23)27)17-10-5-11-18(17)28-22/h2-4,6-9,13,24H,5,10-12H2,1H3,(H2,23,27)(H,25,26)/p+1/t13-/m0/s1. The van der Waals surface area contributed by atoms with Gasteiger partial charge in [0, 0.05) is 10.4 Å². The van der Waals surface area contributed by atoms with E-state index in [9.17, 15) is 9.59 Å². The lowest BCUT2D eigenvalue weighted by atomic mass is 10.00. The zero-order valence-electron chi connectivity index (χ0n) is 15.8. The molecule has 0 aliphatic heterocycles. The molecule has 1 atom stereocenters. The molecule has 0 radical (unpaired) electrons. The minimum atomic E-state index is -0.456. The van der Waals surface area contributed by atoms with Crippen LogP contribution >= 0.6 is 11.3 Å². The van der Waals surface area contributed by atoms with Crippen LogP contribution in [-0.2, 0) is 17.6 Å². The molecule has 1 aliphatic carbocycles. The second-order valence-corrected chi connectivity index (χ2v) is 8.38. The lowest BCUT2D eigenvalue weighted by Crippen LogP contribution is -2.86. The van der Waals surface area contributed by atoms with Gasteiger partial charge in [0.15, 0.2) is 6.54 Å². The third-order valence-corrected chi connectivity index (χ3v) is 6.60. The number of quaternary nitrogens is 1. The van der Waals surface area contributed by atoms with E-state index in [1.807, 2.05) is 23.5 Å². The molecule has 4 rings (SSSR count). The van der Waals surface area contributed by atoms with Gasteiger partial charge in [0.05, 0.1) is 5.56 Å². The Kier molecular flexibility index (Phi) is 5.15. The summed E-state index contributed by atoms with van der Waals surface area (Å²) in [5.41, 5.74) is 8.31. The Hall–Kier alpha value is -2.70. The molecule has 1 aliphatic rings. The Morgan fingerprint density at radius 2 is 1.96 bits per heavy atom. The zero-order valence-corrected chi connectivity index (χ0v) is 16.6. The number of carbonyl (C=O) groups excluding carboxylic acids is 2. The number of rotatable bonds is 6. The quantitative estimate of drug-likeness (QED) is 0.600. The van der Waals surface area contributed by atoms with Crippen LogP contribution in [0.5, 0.6) is 0 Å². The molecule has 1 aromatic heterocycles. The molecule has 0 unspecified atom stereocenters. The highest BCUT2D eigenvalue weighted by Crippen LogP contribution is 2.38. The molecule has 6 heteroatoms. The number of nitrogens with two attached hydrogens (primary N) is 2. The highest BCUT2D eigenvalue weighted by atomic mass is 32.1. The number of nitrogens with one attached hydrogen (secondary N) is 1. The van der Waals surface area contributed by atoms with Gasteiger partial charge in [-0.2, -0.15) is 0 Å². The first-order valence-electron chi connectivity index (χ1n) is 9.59. The van der Waals surface area contributed by atoms with Crippen LogP contribution in [0.4, 0.5) is 5.00 Å². The fraction of sp³-hybridized carbons (Fsp3) is 0.273. The van der Waals surface area contributed by atoms with E-state index in [1.54, 1.807) is 0 Å². The molecule has 1 heterocycles. The first kappa shape index (κ1) is 18.7. The Balaban J connectivity index is 1.44. The molecule has 5 nitrogen and oxygen atoms in total. The highest BCUT2D eigenvalue weighted by molar-refractivity contribution is 7.17. The summed E-state index contributed by atoms with van der Waals surface area (Å²) in [6.07, 6.45) is 2.87. The van der Waals surface area contributed by atoms with Crippen molar-refractivity contribution >= 4 is 38.9 Å². The molecule has 2 amide bonds. The van der Waals surface area contributed by atoms with Crippen LogP contribution in [0.3, 0.4) is 0 Å². The zero-order chi connectivity index (χ0) is 19.7. The van der Waals surface area contributed by atoms with Crippen LogP contribution in [0, 0.1) is 0 Å². The largest absolute Gasteiger partial charge is 0.365 e. The Bertz CT molecular complexity index is 1050. The number of benzene rings is 2. The molecule has 0 bridgehead atoms. The number of aryl methyl sites for hydroxylation is 1. The number of thiophene rings is 1. The molecular formula is C22H24N3O2S+. The van der Waals surface area contributed by atoms with Crippen molar-refractivity contribution in [2.45, 2.75) is 32.2 Å². The van der Waals surface area contributed by atoms with Crippen LogP contribution in [-0.4, -0.2) is 18.4 Å². The second kappa shape index (κ2) is 7.73. The molecule has 0 saturated carbocycles. The van der Waals surface area contributed by atoms with Crippen LogP contribution < -0.4 is 16.4 Å². The van der Waals surface area contributed by atoms with Crippen LogP contribution in [0.15, 0.2) is 42.5 Å². The summed E-state index contributed by atoms with van der Waals surface area (Å²) < 4.78 is 0. The monoisotopic (exact) mass is 394 g/mol. The molecule has 0 spiro atoms. The summed E-state index contributed by atoms with van der Waals surface area (Å²) in [7, 11) is 0. The molecule has 5 N–H and O–H groups in total. The van der Waals surface area contributed by atoms with Crippen molar-refractivity contribution in [1.29, 1.82) is 0 Å². The maximum atomic E-state index is 12.5. The smallest absolute Gasteiger partial charge is 0.280 e. The van der Waals surface area contributed by atoms with Gasteiger partial charge in [0.2, 0.25) is 0 Å². The fourth-order valence-electron chi connectivity index (χ4n) is 3.99. The lowest BCUT2D eigenvalue weighted by Gasteiger charge is -2.14. The third-order valence-electron chi connectivity index (χ3n) is 5.39. The van der Waals surface area contributed by atoms with E-state index in [0.29, 0.717) is 10.6 Å². The van der Waals surface area contributed by atoms with Gasteiger partial charge in [-0.1, -0.05) is 42.5 Å². The van der Waals surface area contributed by atoms with Crippen LogP contribution in [0.1, 0.15) is 45.7 Å². The van der Waals surface area contributed by atoms with Gasteiger partial charge in [-0.25, -0.2) is 0 Å². The number of amides is 2. The van der Waals surface area contributed by atoms with Crippen molar-refractivity contribution in [1.82, 2.24) is 0 Å². The highest BCUT2D eigenvalue weighted by Gasteiger charge is 2.26. The van der Waals surface area contributed by atoms with Gasteiger partial charge in [0.25, 0.3) is 11.8 Å². The van der Waals surface area contributed by atoms with E-state index in [1.165, 1.54) is 32.5 Å². The third kappa shape index (κ3) is 3.53. The summed E-state index contributed by atoms with van der Waals surface area (Å²) in [6.45, 7) is 2.38. The van der Waals surface area contributed by atoms with Crippen LogP contribution in [0.25, 0.3) is 10.8 Å².